The minimum absolute atomic E-state index is 0.124. The number of pyridine rings is 1. The summed E-state index contributed by atoms with van der Waals surface area (Å²) in [4.78, 5) is 29.9. The van der Waals surface area contributed by atoms with E-state index in [2.05, 4.69) is 15.6 Å². The molecule has 2 aromatic rings. The molecule has 0 spiro atoms. The molecule has 0 unspecified atom stereocenters. The Balaban J connectivity index is 2.18. The zero-order chi connectivity index (χ0) is 18.4. The topological polar surface area (TPSA) is 121 Å². The highest BCUT2D eigenvalue weighted by Crippen LogP contribution is 2.21. The zero-order valence-electron chi connectivity index (χ0n) is 14.1. The van der Waals surface area contributed by atoms with Crippen molar-refractivity contribution in [3.63, 3.8) is 0 Å². The molecule has 3 amide bonds. The van der Waals surface area contributed by atoms with Crippen molar-refractivity contribution in [3.8, 4) is 5.75 Å². The Kier molecular flexibility index (Phi) is 5.78. The van der Waals surface area contributed by atoms with Gasteiger partial charge in [0.15, 0.2) is 5.82 Å². The normalized spacial score (nSPS) is 11.4. The van der Waals surface area contributed by atoms with Crippen LogP contribution in [-0.2, 0) is 11.2 Å². The molecule has 5 N–H and O–H groups in total. The average molecular weight is 343 g/mol. The highest BCUT2D eigenvalue weighted by Gasteiger charge is 2.22. The fraction of sp³-hybridized carbons (Fsp3) is 0.235. The smallest absolute Gasteiger partial charge is 0.312 e. The Morgan fingerprint density at radius 3 is 2.52 bits per heavy atom. The second-order valence-corrected chi connectivity index (χ2v) is 5.69. The van der Waals surface area contributed by atoms with Crippen molar-refractivity contribution in [2.24, 2.45) is 5.73 Å². The quantitative estimate of drug-likeness (QED) is 0.625. The number of nitrogens with two attached hydrogens (primary N) is 1. The molecule has 1 heterocycles. The van der Waals surface area contributed by atoms with Crippen LogP contribution in [0.4, 0.5) is 16.3 Å². The molecule has 1 aromatic heterocycles. The molecule has 8 heteroatoms. The molecule has 8 nitrogen and oxygen atoms in total. The molecule has 0 saturated heterocycles. The van der Waals surface area contributed by atoms with Crippen molar-refractivity contribution in [1.29, 1.82) is 0 Å². The van der Waals surface area contributed by atoms with Gasteiger partial charge in [-0.05, 0) is 29.8 Å². The summed E-state index contributed by atoms with van der Waals surface area (Å²) < 4.78 is 0. The number of hydrogen-bond acceptors (Lipinski definition) is 5. The van der Waals surface area contributed by atoms with Crippen molar-refractivity contribution in [1.82, 2.24) is 10.3 Å². The molecule has 1 atom stereocenters. The standard InChI is InChI=1S/C17H21N5O3/c1-22(2)15-13(4-3-9-19-15)20-16(24)14(21-17(18)25)10-11-5-7-12(23)8-6-11/h3-9,14,23H,10H2,1-2H3,(H,20,24)(H3,18,21,25)/t14-/m0/s1. The Morgan fingerprint density at radius 2 is 1.92 bits per heavy atom. The first kappa shape index (κ1) is 18.1. The first-order chi connectivity index (χ1) is 11.9. The Labute approximate surface area is 145 Å². The van der Waals surface area contributed by atoms with E-state index in [9.17, 15) is 14.7 Å². The number of carbonyl (C=O) groups excluding carboxylic acids is 2. The van der Waals surface area contributed by atoms with Gasteiger partial charge in [-0.2, -0.15) is 0 Å². The van der Waals surface area contributed by atoms with Gasteiger partial charge in [0.2, 0.25) is 5.91 Å². The highest BCUT2D eigenvalue weighted by molar-refractivity contribution is 5.99. The van der Waals surface area contributed by atoms with Crippen LogP contribution in [0.5, 0.6) is 5.75 Å². The number of rotatable bonds is 6. The number of amides is 3. The molecule has 1 aromatic carbocycles. The first-order valence-electron chi connectivity index (χ1n) is 7.64. The summed E-state index contributed by atoms with van der Waals surface area (Å²) in [5.41, 5.74) is 6.49. The van der Waals surface area contributed by atoms with Gasteiger partial charge in [0.05, 0.1) is 5.69 Å². The lowest BCUT2D eigenvalue weighted by molar-refractivity contribution is -0.117. The zero-order valence-corrected chi connectivity index (χ0v) is 14.1. The maximum Gasteiger partial charge on any atom is 0.312 e. The number of primary amides is 1. The van der Waals surface area contributed by atoms with Crippen molar-refractivity contribution < 1.29 is 14.7 Å². The van der Waals surface area contributed by atoms with E-state index < -0.39 is 18.0 Å². The van der Waals surface area contributed by atoms with Crippen LogP contribution in [0.1, 0.15) is 5.56 Å². The molecule has 0 aliphatic heterocycles. The summed E-state index contributed by atoms with van der Waals surface area (Å²) >= 11 is 0. The van der Waals surface area contributed by atoms with E-state index in [4.69, 9.17) is 5.73 Å². The van der Waals surface area contributed by atoms with Gasteiger partial charge in [-0.1, -0.05) is 12.1 Å². The van der Waals surface area contributed by atoms with Crippen LogP contribution in [0.3, 0.4) is 0 Å². The van der Waals surface area contributed by atoms with Crippen molar-refractivity contribution in [2.45, 2.75) is 12.5 Å². The number of hydrogen-bond donors (Lipinski definition) is 4. The van der Waals surface area contributed by atoms with Crippen LogP contribution in [0, 0.1) is 0 Å². The lowest BCUT2D eigenvalue weighted by atomic mass is 10.0. The van der Waals surface area contributed by atoms with Crippen LogP contribution in [0.2, 0.25) is 0 Å². The number of nitrogens with zero attached hydrogens (tertiary/aromatic N) is 2. The fourth-order valence-electron chi connectivity index (χ4n) is 2.32. The summed E-state index contributed by atoms with van der Waals surface area (Å²) in [5.74, 6) is 0.305. The van der Waals surface area contributed by atoms with E-state index in [1.165, 1.54) is 12.1 Å². The summed E-state index contributed by atoms with van der Waals surface area (Å²) in [5, 5.41) is 14.6. The molecule has 0 fully saturated rings. The summed E-state index contributed by atoms with van der Waals surface area (Å²) in [6.07, 6.45) is 1.85. The SMILES string of the molecule is CN(C)c1ncccc1NC(=O)[C@H](Cc1ccc(O)cc1)NC(N)=O. The fourth-order valence-corrected chi connectivity index (χ4v) is 2.32. The van der Waals surface area contributed by atoms with Crippen LogP contribution >= 0.6 is 0 Å². The van der Waals surface area contributed by atoms with Gasteiger partial charge in [0.25, 0.3) is 0 Å². The van der Waals surface area contributed by atoms with Crippen LogP contribution in [-0.4, -0.2) is 42.2 Å². The first-order valence-corrected chi connectivity index (χ1v) is 7.64. The van der Waals surface area contributed by atoms with E-state index in [0.29, 0.717) is 11.5 Å². The van der Waals surface area contributed by atoms with Gasteiger partial charge < -0.3 is 26.4 Å². The number of benzene rings is 1. The molecule has 2 rings (SSSR count). The van der Waals surface area contributed by atoms with E-state index >= 15 is 0 Å². The second-order valence-electron chi connectivity index (χ2n) is 5.69. The van der Waals surface area contributed by atoms with Crippen LogP contribution < -0.4 is 21.3 Å². The van der Waals surface area contributed by atoms with E-state index in [1.807, 2.05) is 14.1 Å². The van der Waals surface area contributed by atoms with E-state index in [0.717, 1.165) is 5.56 Å². The summed E-state index contributed by atoms with van der Waals surface area (Å²) in [7, 11) is 3.63. The number of nitrogens with one attached hydrogen (secondary N) is 2. The summed E-state index contributed by atoms with van der Waals surface area (Å²) in [6.45, 7) is 0. The predicted molar refractivity (Wildman–Crippen MR) is 95.5 cm³/mol. The number of phenolic OH excluding ortho intramolecular Hbond substituents is 1. The molecule has 0 radical (unpaired) electrons. The second kappa shape index (κ2) is 8.00. The van der Waals surface area contributed by atoms with Gasteiger partial charge in [0.1, 0.15) is 11.8 Å². The van der Waals surface area contributed by atoms with Gasteiger partial charge in [0, 0.05) is 26.7 Å². The Morgan fingerprint density at radius 1 is 1.24 bits per heavy atom. The molecular weight excluding hydrogens is 322 g/mol. The van der Waals surface area contributed by atoms with Crippen molar-refractivity contribution in [2.75, 3.05) is 24.3 Å². The Bertz CT molecular complexity index is 746. The molecule has 0 aliphatic carbocycles. The molecule has 132 valence electrons. The monoisotopic (exact) mass is 343 g/mol. The average Bonchev–Trinajstić information content (AvgIpc) is 2.56. The third kappa shape index (κ3) is 5.10. The lowest BCUT2D eigenvalue weighted by Gasteiger charge is -2.20. The number of phenols is 1. The van der Waals surface area contributed by atoms with Gasteiger partial charge >= 0.3 is 6.03 Å². The molecule has 25 heavy (non-hydrogen) atoms. The van der Waals surface area contributed by atoms with E-state index in [-0.39, 0.29) is 12.2 Å². The lowest BCUT2D eigenvalue weighted by Crippen LogP contribution is -2.47. The Hall–Kier alpha value is -3.29. The highest BCUT2D eigenvalue weighted by atomic mass is 16.3. The molecule has 0 bridgehead atoms. The minimum Gasteiger partial charge on any atom is -0.508 e. The third-order valence-electron chi connectivity index (χ3n) is 3.48. The van der Waals surface area contributed by atoms with Crippen molar-refractivity contribution in [3.05, 3.63) is 48.2 Å². The maximum absolute atomic E-state index is 12.6. The predicted octanol–water partition coefficient (Wildman–Crippen LogP) is 1.07. The largest absolute Gasteiger partial charge is 0.508 e. The van der Waals surface area contributed by atoms with Crippen LogP contribution in [0.15, 0.2) is 42.6 Å². The molecule has 0 saturated carbocycles. The van der Waals surface area contributed by atoms with Crippen LogP contribution in [0.25, 0.3) is 0 Å². The van der Waals surface area contributed by atoms with Gasteiger partial charge in [-0.3, -0.25) is 4.79 Å². The number of anilines is 2. The number of aromatic nitrogens is 1. The molecular formula is C17H21N5O3. The van der Waals surface area contributed by atoms with Crippen molar-refractivity contribution >= 4 is 23.4 Å². The number of urea groups is 1. The third-order valence-corrected chi connectivity index (χ3v) is 3.48. The molecule has 0 aliphatic rings. The maximum atomic E-state index is 12.6. The van der Waals surface area contributed by atoms with E-state index in [1.54, 1.807) is 35.4 Å². The van der Waals surface area contributed by atoms with Gasteiger partial charge in [-0.25, -0.2) is 9.78 Å². The minimum atomic E-state index is -0.864. The van der Waals surface area contributed by atoms with Gasteiger partial charge in [-0.15, -0.1) is 0 Å². The number of carbonyl (C=O) groups is 2. The number of aromatic hydroxyl groups is 1. The summed E-state index contributed by atoms with van der Waals surface area (Å²) in [6, 6.07) is 8.15.